The second-order valence-corrected chi connectivity index (χ2v) is 4.17. The molecule has 0 heterocycles. The Bertz CT molecular complexity index is 582. The fourth-order valence-electron chi connectivity index (χ4n) is 1.74. The number of ether oxygens (including phenoxy) is 1. The third-order valence-corrected chi connectivity index (χ3v) is 2.69. The summed E-state index contributed by atoms with van der Waals surface area (Å²) < 4.78 is 4.77. The molecule has 2 rings (SSSR count). The molecule has 0 spiro atoms. The molecule has 0 fully saturated rings. The number of hydrogen-bond acceptors (Lipinski definition) is 4. The molecule has 0 aliphatic carbocycles. The Labute approximate surface area is 117 Å². The summed E-state index contributed by atoms with van der Waals surface area (Å²) in [5.74, 6) is 0. The predicted octanol–water partition coefficient (Wildman–Crippen LogP) is 3.01. The van der Waals surface area contributed by atoms with Gasteiger partial charge in [-0.1, -0.05) is 24.3 Å². The number of nitrogens with one attached hydrogen (secondary N) is 2. The van der Waals surface area contributed by atoms with Crippen LogP contribution in [0.25, 0.3) is 11.1 Å². The maximum Gasteiger partial charge on any atom is 0.425 e. The Balaban J connectivity index is 2.08. The summed E-state index contributed by atoms with van der Waals surface area (Å²) in [4.78, 5) is 11.2. The quantitative estimate of drug-likeness (QED) is 0.590. The van der Waals surface area contributed by atoms with E-state index in [4.69, 9.17) is 10.5 Å². The third-order valence-electron chi connectivity index (χ3n) is 2.69. The highest BCUT2D eigenvalue weighted by molar-refractivity contribution is 5.72. The molecule has 104 valence electrons. The maximum absolute atomic E-state index is 11.2. The molecule has 5 heteroatoms. The Morgan fingerprint density at radius 3 is 2.60 bits per heavy atom. The molecule has 0 saturated heterocycles. The molecule has 2 aromatic rings. The third kappa shape index (κ3) is 3.65. The van der Waals surface area contributed by atoms with E-state index in [2.05, 4.69) is 10.9 Å². The van der Waals surface area contributed by atoms with E-state index >= 15 is 0 Å². The van der Waals surface area contributed by atoms with E-state index in [0.29, 0.717) is 6.61 Å². The first-order valence-corrected chi connectivity index (χ1v) is 6.34. The van der Waals surface area contributed by atoms with Crippen molar-refractivity contribution in [1.82, 2.24) is 5.43 Å². The van der Waals surface area contributed by atoms with E-state index in [1.807, 2.05) is 48.5 Å². The zero-order chi connectivity index (χ0) is 14.4. The molecule has 20 heavy (non-hydrogen) atoms. The molecular formula is C15H17N3O2. The van der Waals surface area contributed by atoms with Crippen molar-refractivity contribution in [3.63, 3.8) is 0 Å². The van der Waals surface area contributed by atoms with Crippen LogP contribution in [0.2, 0.25) is 0 Å². The lowest BCUT2D eigenvalue weighted by Crippen LogP contribution is -2.29. The normalized spacial score (nSPS) is 9.85. The minimum atomic E-state index is -0.509. The smallest absolute Gasteiger partial charge is 0.425 e. The van der Waals surface area contributed by atoms with Crippen LogP contribution in [-0.2, 0) is 4.74 Å². The summed E-state index contributed by atoms with van der Waals surface area (Å²) in [6, 6.07) is 15.3. The molecule has 4 N–H and O–H groups in total. The van der Waals surface area contributed by atoms with Crippen molar-refractivity contribution < 1.29 is 9.53 Å². The minimum absolute atomic E-state index is 0.332. The topological polar surface area (TPSA) is 76.4 Å². The molecule has 0 aromatic heterocycles. The number of amides is 1. The summed E-state index contributed by atoms with van der Waals surface area (Å²) in [5.41, 5.74) is 14.5. The van der Waals surface area contributed by atoms with Crippen molar-refractivity contribution in [1.29, 1.82) is 0 Å². The van der Waals surface area contributed by atoms with Crippen molar-refractivity contribution in [2.45, 2.75) is 6.92 Å². The molecule has 0 bridgehead atoms. The van der Waals surface area contributed by atoms with Gasteiger partial charge in [-0.25, -0.2) is 10.2 Å². The SMILES string of the molecule is CCOC(=O)NNc1cccc(-c2ccc(N)cc2)c1. The summed E-state index contributed by atoms with van der Waals surface area (Å²) in [6.07, 6.45) is -0.509. The van der Waals surface area contributed by atoms with Crippen LogP contribution in [0.1, 0.15) is 6.92 Å². The minimum Gasteiger partial charge on any atom is -0.449 e. The van der Waals surface area contributed by atoms with Gasteiger partial charge in [0.2, 0.25) is 0 Å². The first-order chi connectivity index (χ1) is 9.69. The van der Waals surface area contributed by atoms with Crippen molar-refractivity contribution in [3.8, 4) is 11.1 Å². The van der Waals surface area contributed by atoms with Gasteiger partial charge in [0.25, 0.3) is 0 Å². The summed E-state index contributed by atoms with van der Waals surface area (Å²) >= 11 is 0. The molecule has 0 aliphatic heterocycles. The summed E-state index contributed by atoms with van der Waals surface area (Å²) in [5, 5.41) is 0. The Kier molecular flexibility index (Phi) is 4.44. The van der Waals surface area contributed by atoms with Gasteiger partial charge in [0.1, 0.15) is 0 Å². The number of nitrogen functional groups attached to an aromatic ring is 1. The molecule has 2 aromatic carbocycles. The van der Waals surface area contributed by atoms with E-state index in [-0.39, 0.29) is 0 Å². The lowest BCUT2D eigenvalue weighted by atomic mass is 10.1. The largest absolute Gasteiger partial charge is 0.449 e. The molecule has 1 amide bonds. The molecule has 5 nitrogen and oxygen atoms in total. The first kappa shape index (κ1) is 13.7. The van der Waals surface area contributed by atoms with Gasteiger partial charge >= 0.3 is 6.09 Å². The van der Waals surface area contributed by atoms with Crippen molar-refractivity contribution >= 4 is 17.5 Å². The molecule has 0 unspecified atom stereocenters. The number of anilines is 2. The van der Waals surface area contributed by atoms with Gasteiger partial charge in [-0.2, -0.15) is 0 Å². The van der Waals surface area contributed by atoms with Crippen LogP contribution in [0.15, 0.2) is 48.5 Å². The van der Waals surface area contributed by atoms with Crippen molar-refractivity contribution in [2.24, 2.45) is 0 Å². The number of nitrogens with two attached hydrogens (primary N) is 1. The lowest BCUT2D eigenvalue weighted by molar-refractivity contribution is 0.154. The molecule has 0 aliphatic rings. The van der Waals surface area contributed by atoms with E-state index in [1.165, 1.54) is 0 Å². The van der Waals surface area contributed by atoms with Crippen molar-refractivity contribution in [2.75, 3.05) is 17.8 Å². The van der Waals surface area contributed by atoms with Gasteiger partial charge in [-0.15, -0.1) is 0 Å². The van der Waals surface area contributed by atoms with Gasteiger partial charge in [0.05, 0.1) is 12.3 Å². The van der Waals surface area contributed by atoms with Gasteiger partial charge in [0.15, 0.2) is 0 Å². The fraction of sp³-hybridized carbons (Fsp3) is 0.133. The molecule has 0 saturated carbocycles. The molecular weight excluding hydrogens is 254 g/mol. The van der Waals surface area contributed by atoms with E-state index in [1.54, 1.807) is 6.92 Å². The number of rotatable bonds is 4. The van der Waals surface area contributed by atoms with Crippen molar-refractivity contribution in [3.05, 3.63) is 48.5 Å². The van der Waals surface area contributed by atoms with Crippen LogP contribution >= 0.6 is 0 Å². The first-order valence-electron chi connectivity index (χ1n) is 6.34. The Hall–Kier alpha value is -2.69. The summed E-state index contributed by atoms with van der Waals surface area (Å²) in [6.45, 7) is 2.08. The number of benzene rings is 2. The Morgan fingerprint density at radius 1 is 1.15 bits per heavy atom. The number of carbonyl (C=O) groups is 1. The lowest BCUT2D eigenvalue weighted by Gasteiger charge is -2.10. The van der Waals surface area contributed by atoms with Crippen LogP contribution in [0.5, 0.6) is 0 Å². The van der Waals surface area contributed by atoms with Gasteiger partial charge in [0, 0.05) is 5.69 Å². The highest BCUT2D eigenvalue weighted by atomic mass is 16.5. The summed E-state index contributed by atoms with van der Waals surface area (Å²) in [7, 11) is 0. The molecule has 0 atom stereocenters. The second-order valence-electron chi connectivity index (χ2n) is 4.17. The maximum atomic E-state index is 11.2. The van der Waals surface area contributed by atoms with Gasteiger partial charge in [-0.05, 0) is 42.3 Å². The monoisotopic (exact) mass is 271 g/mol. The van der Waals surface area contributed by atoms with Crippen LogP contribution in [0.3, 0.4) is 0 Å². The second kappa shape index (κ2) is 6.47. The van der Waals surface area contributed by atoms with E-state index < -0.39 is 6.09 Å². The highest BCUT2D eigenvalue weighted by Gasteiger charge is 2.01. The van der Waals surface area contributed by atoms with Crippen LogP contribution in [0, 0.1) is 0 Å². The molecule has 0 radical (unpaired) electrons. The average Bonchev–Trinajstić information content (AvgIpc) is 2.47. The number of hydrazine groups is 1. The number of hydrogen-bond donors (Lipinski definition) is 3. The van der Waals surface area contributed by atoms with Crippen LogP contribution in [-0.4, -0.2) is 12.7 Å². The van der Waals surface area contributed by atoms with E-state index in [0.717, 1.165) is 22.5 Å². The predicted molar refractivity (Wildman–Crippen MR) is 80.1 cm³/mol. The standard InChI is InChI=1S/C15H17N3O2/c1-2-20-15(19)18-17-14-5-3-4-12(10-14)11-6-8-13(16)9-7-11/h3-10,17H,2,16H2,1H3,(H,18,19). The highest BCUT2D eigenvalue weighted by Crippen LogP contribution is 2.23. The average molecular weight is 271 g/mol. The Morgan fingerprint density at radius 2 is 1.90 bits per heavy atom. The van der Waals surface area contributed by atoms with Gasteiger partial charge in [-0.3, -0.25) is 5.43 Å². The zero-order valence-corrected chi connectivity index (χ0v) is 11.2. The van der Waals surface area contributed by atoms with Crippen LogP contribution < -0.4 is 16.6 Å². The zero-order valence-electron chi connectivity index (χ0n) is 11.2. The van der Waals surface area contributed by atoms with Crippen LogP contribution in [0.4, 0.5) is 16.2 Å². The fourth-order valence-corrected chi connectivity index (χ4v) is 1.74. The number of carbonyl (C=O) groups excluding carboxylic acids is 1. The van der Waals surface area contributed by atoms with Gasteiger partial charge < -0.3 is 10.5 Å². The van der Waals surface area contributed by atoms with E-state index in [9.17, 15) is 4.79 Å².